The highest BCUT2D eigenvalue weighted by molar-refractivity contribution is 5.96. The number of carbonyl (C=O) groups is 2. The highest BCUT2D eigenvalue weighted by Gasteiger charge is 2.32. The van der Waals surface area contributed by atoms with Gasteiger partial charge in [0.25, 0.3) is 11.8 Å². The van der Waals surface area contributed by atoms with Crippen LogP contribution in [0.2, 0.25) is 0 Å². The minimum Gasteiger partial charge on any atom is -0.335 e. The number of alkyl halides is 3. The molecule has 1 aromatic heterocycles. The topological polar surface area (TPSA) is 53.5 Å². The maximum absolute atomic E-state index is 12.9. The van der Waals surface area contributed by atoms with Crippen molar-refractivity contribution in [2.75, 3.05) is 26.2 Å². The molecule has 0 bridgehead atoms. The number of aromatic nitrogens is 1. The molecular weight excluding hydrogens is 431 g/mol. The number of amides is 2. The summed E-state index contributed by atoms with van der Waals surface area (Å²) in [7, 11) is 0. The summed E-state index contributed by atoms with van der Waals surface area (Å²) in [6, 6.07) is 15.5. The lowest BCUT2D eigenvalue weighted by Gasteiger charge is -2.35. The van der Waals surface area contributed by atoms with Gasteiger partial charge in [0.1, 0.15) is 0 Å². The van der Waals surface area contributed by atoms with Crippen LogP contribution in [-0.4, -0.2) is 52.8 Å². The molecule has 2 amide bonds. The zero-order valence-corrected chi connectivity index (χ0v) is 18.0. The standard InChI is InChI=1S/C25H22F3N3O2/c1-17-9-10-29-22(15-17)18-5-7-19(8-6-18)23(32)30-11-13-31(14-12-30)24(33)20-3-2-4-21(16-20)25(26,27)28/h2-10,15-16H,11-14H2,1H3. The Hall–Kier alpha value is -3.68. The maximum Gasteiger partial charge on any atom is 0.416 e. The number of halogens is 3. The van der Waals surface area contributed by atoms with E-state index in [4.69, 9.17) is 0 Å². The normalized spacial score (nSPS) is 14.3. The molecular formula is C25H22F3N3O2. The highest BCUT2D eigenvalue weighted by atomic mass is 19.4. The van der Waals surface area contributed by atoms with E-state index in [1.165, 1.54) is 17.0 Å². The Morgan fingerprint density at radius 1 is 0.818 bits per heavy atom. The van der Waals surface area contributed by atoms with E-state index in [9.17, 15) is 22.8 Å². The first kappa shape index (κ1) is 22.5. The molecule has 1 saturated heterocycles. The van der Waals surface area contributed by atoms with Gasteiger partial charge in [-0.1, -0.05) is 18.2 Å². The number of benzene rings is 2. The van der Waals surface area contributed by atoms with Gasteiger partial charge in [-0.15, -0.1) is 0 Å². The molecule has 1 aliphatic rings. The smallest absolute Gasteiger partial charge is 0.335 e. The average Bonchev–Trinajstić information content (AvgIpc) is 2.83. The van der Waals surface area contributed by atoms with Crippen LogP contribution in [-0.2, 0) is 6.18 Å². The van der Waals surface area contributed by atoms with Gasteiger partial charge in [-0.05, 0) is 55.0 Å². The highest BCUT2D eigenvalue weighted by Crippen LogP contribution is 2.30. The molecule has 2 aromatic carbocycles. The Bertz CT molecular complexity index is 1170. The van der Waals surface area contributed by atoms with E-state index in [-0.39, 0.29) is 24.6 Å². The second kappa shape index (κ2) is 9.05. The van der Waals surface area contributed by atoms with Gasteiger partial charge in [0.2, 0.25) is 0 Å². The SMILES string of the molecule is Cc1ccnc(-c2ccc(C(=O)N3CCN(C(=O)c4cccc(C(F)(F)F)c4)CC3)cc2)c1. The Balaban J connectivity index is 1.39. The van der Waals surface area contributed by atoms with Gasteiger partial charge in [-0.2, -0.15) is 13.2 Å². The summed E-state index contributed by atoms with van der Waals surface area (Å²) in [5, 5.41) is 0. The molecule has 0 spiro atoms. The number of aryl methyl sites for hydroxylation is 1. The minimum absolute atomic E-state index is 0.00931. The van der Waals surface area contributed by atoms with E-state index in [0.717, 1.165) is 29.0 Å². The fourth-order valence-corrected chi connectivity index (χ4v) is 3.78. The number of carbonyl (C=O) groups excluding carboxylic acids is 2. The molecule has 0 N–H and O–H groups in total. The third kappa shape index (κ3) is 5.05. The first-order valence-electron chi connectivity index (χ1n) is 10.5. The van der Waals surface area contributed by atoms with Crippen LogP contribution in [0, 0.1) is 6.92 Å². The van der Waals surface area contributed by atoms with Crippen molar-refractivity contribution >= 4 is 11.8 Å². The summed E-state index contributed by atoms with van der Waals surface area (Å²) in [5.41, 5.74) is 2.50. The summed E-state index contributed by atoms with van der Waals surface area (Å²) in [5.74, 6) is -0.617. The van der Waals surface area contributed by atoms with Crippen LogP contribution in [0.15, 0.2) is 66.9 Å². The van der Waals surface area contributed by atoms with Crippen molar-refractivity contribution in [2.45, 2.75) is 13.1 Å². The molecule has 0 aliphatic carbocycles. The monoisotopic (exact) mass is 453 g/mol. The molecule has 4 rings (SSSR count). The molecule has 1 aliphatic heterocycles. The van der Waals surface area contributed by atoms with Gasteiger partial charge in [0, 0.05) is 49.1 Å². The quantitative estimate of drug-likeness (QED) is 0.579. The van der Waals surface area contributed by atoms with Crippen molar-refractivity contribution in [3.05, 3.63) is 89.1 Å². The van der Waals surface area contributed by atoms with Gasteiger partial charge < -0.3 is 9.80 Å². The molecule has 0 saturated carbocycles. The van der Waals surface area contributed by atoms with Gasteiger partial charge in [-0.25, -0.2) is 0 Å². The summed E-state index contributed by atoms with van der Waals surface area (Å²) in [4.78, 5) is 33.0. The fraction of sp³-hybridized carbons (Fsp3) is 0.240. The van der Waals surface area contributed by atoms with Crippen LogP contribution < -0.4 is 0 Å². The Morgan fingerprint density at radius 2 is 1.42 bits per heavy atom. The van der Waals surface area contributed by atoms with Gasteiger partial charge in [0.15, 0.2) is 0 Å². The summed E-state index contributed by atoms with van der Waals surface area (Å²) in [6.45, 7) is 3.12. The second-order valence-electron chi connectivity index (χ2n) is 7.96. The Kier molecular flexibility index (Phi) is 6.18. The van der Waals surface area contributed by atoms with E-state index < -0.39 is 17.6 Å². The fourth-order valence-electron chi connectivity index (χ4n) is 3.78. The van der Waals surface area contributed by atoms with Crippen LogP contribution >= 0.6 is 0 Å². The van der Waals surface area contributed by atoms with Crippen LogP contribution in [0.3, 0.4) is 0 Å². The summed E-state index contributed by atoms with van der Waals surface area (Å²) < 4.78 is 38.8. The molecule has 0 unspecified atom stereocenters. The first-order valence-corrected chi connectivity index (χ1v) is 10.5. The van der Waals surface area contributed by atoms with Crippen LogP contribution in [0.4, 0.5) is 13.2 Å². The van der Waals surface area contributed by atoms with Gasteiger partial charge in [0.05, 0.1) is 11.3 Å². The minimum atomic E-state index is -4.51. The van der Waals surface area contributed by atoms with Crippen LogP contribution in [0.1, 0.15) is 31.8 Å². The van der Waals surface area contributed by atoms with E-state index in [1.807, 2.05) is 31.2 Å². The first-order chi connectivity index (χ1) is 15.7. The molecule has 33 heavy (non-hydrogen) atoms. The Labute approximate surface area is 189 Å². The van der Waals surface area contributed by atoms with E-state index in [2.05, 4.69) is 4.98 Å². The van der Waals surface area contributed by atoms with Crippen LogP contribution in [0.5, 0.6) is 0 Å². The number of rotatable bonds is 3. The van der Waals surface area contributed by atoms with E-state index >= 15 is 0 Å². The van der Waals surface area contributed by atoms with Gasteiger partial charge in [-0.3, -0.25) is 14.6 Å². The molecule has 1 fully saturated rings. The van der Waals surface area contributed by atoms with Crippen molar-refractivity contribution in [3.8, 4) is 11.3 Å². The predicted molar refractivity (Wildman–Crippen MR) is 118 cm³/mol. The molecule has 5 nitrogen and oxygen atoms in total. The zero-order valence-electron chi connectivity index (χ0n) is 18.0. The molecule has 3 aromatic rings. The average molecular weight is 453 g/mol. The summed E-state index contributed by atoms with van der Waals surface area (Å²) in [6.07, 6.45) is -2.77. The van der Waals surface area contributed by atoms with E-state index in [0.29, 0.717) is 18.7 Å². The maximum atomic E-state index is 12.9. The van der Waals surface area contributed by atoms with Crippen molar-refractivity contribution in [1.82, 2.24) is 14.8 Å². The lowest BCUT2D eigenvalue weighted by molar-refractivity contribution is -0.137. The second-order valence-corrected chi connectivity index (χ2v) is 7.96. The van der Waals surface area contributed by atoms with Crippen molar-refractivity contribution in [3.63, 3.8) is 0 Å². The largest absolute Gasteiger partial charge is 0.416 e. The third-order valence-electron chi connectivity index (χ3n) is 5.63. The number of hydrogen-bond acceptors (Lipinski definition) is 3. The van der Waals surface area contributed by atoms with E-state index in [1.54, 1.807) is 23.2 Å². The van der Waals surface area contributed by atoms with Crippen molar-refractivity contribution in [2.24, 2.45) is 0 Å². The number of nitrogens with zero attached hydrogens (tertiary/aromatic N) is 3. The zero-order chi connectivity index (χ0) is 23.6. The van der Waals surface area contributed by atoms with Crippen molar-refractivity contribution in [1.29, 1.82) is 0 Å². The summed E-state index contributed by atoms with van der Waals surface area (Å²) >= 11 is 0. The number of hydrogen-bond donors (Lipinski definition) is 0. The number of piperazine rings is 1. The molecule has 0 atom stereocenters. The van der Waals surface area contributed by atoms with Gasteiger partial charge >= 0.3 is 6.18 Å². The lowest BCUT2D eigenvalue weighted by Crippen LogP contribution is -2.50. The molecule has 2 heterocycles. The lowest BCUT2D eigenvalue weighted by atomic mass is 10.1. The molecule has 170 valence electrons. The predicted octanol–water partition coefficient (Wildman–Crippen LogP) is 4.67. The van der Waals surface area contributed by atoms with Crippen molar-refractivity contribution < 1.29 is 22.8 Å². The third-order valence-corrected chi connectivity index (χ3v) is 5.63. The Morgan fingerprint density at radius 3 is 2.00 bits per heavy atom. The molecule has 0 radical (unpaired) electrons. The molecule has 8 heteroatoms. The van der Waals surface area contributed by atoms with Crippen LogP contribution in [0.25, 0.3) is 11.3 Å². The number of pyridine rings is 1.